The van der Waals surface area contributed by atoms with Crippen molar-refractivity contribution in [3.8, 4) is 0 Å². The fraction of sp³-hybridized carbons (Fsp3) is 0.182. The second-order valence-corrected chi connectivity index (χ2v) is 4.27. The first kappa shape index (κ1) is 10.4. The molecule has 2 N–H and O–H groups in total. The van der Waals surface area contributed by atoms with Crippen LogP contribution in [0.15, 0.2) is 33.4 Å². The molecule has 0 spiro atoms. The molecule has 1 aromatic heterocycles. The highest BCUT2D eigenvalue weighted by Gasteiger charge is 2.17. The van der Waals surface area contributed by atoms with Gasteiger partial charge in [0.1, 0.15) is 11.8 Å². The number of Topliss-reactive ketones (excluding diaryl/α,β-unsaturated/α-hetero) is 1. The maximum Gasteiger partial charge on any atom is 0.182 e. The van der Waals surface area contributed by atoms with Crippen molar-refractivity contribution in [2.75, 3.05) is 0 Å². The average Bonchev–Trinajstić information content (AvgIpc) is 2.59. The van der Waals surface area contributed by atoms with Crippen LogP contribution in [0.25, 0.3) is 11.0 Å². The monoisotopic (exact) mass is 267 g/mol. The zero-order valence-electron chi connectivity index (χ0n) is 8.16. The summed E-state index contributed by atoms with van der Waals surface area (Å²) in [5.74, 6) is -0.109. The number of para-hydroxylation sites is 1. The Morgan fingerprint density at radius 1 is 1.53 bits per heavy atom. The predicted molar refractivity (Wildman–Crippen MR) is 61.9 cm³/mol. The van der Waals surface area contributed by atoms with E-state index >= 15 is 0 Å². The molecule has 0 saturated carbocycles. The van der Waals surface area contributed by atoms with Crippen molar-refractivity contribution in [3.63, 3.8) is 0 Å². The van der Waals surface area contributed by atoms with E-state index in [4.69, 9.17) is 10.2 Å². The molecule has 1 atom stereocenters. The fourth-order valence-electron chi connectivity index (χ4n) is 1.47. The molecule has 3 nitrogen and oxygen atoms in total. The van der Waals surface area contributed by atoms with E-state index in [1.54, 1.807) is 19.3 Å². The molecule has 4 heteroatoms. The van der Waals surface area contributed by atoms with Crippen LogP contribution < -0.4 is 5.73 Å². The number of furan rings is 1. The minimum absolute atomic E-state index is 0.109. The number of halogens is 1. The number of rotatable bonds is 2. The normalized spacial score (nSPS) is 13.0. The molecule has 0 amide bonds. The van der Waals surface area contributed by atoms with Crippen LogP contribution >= 0.6 is 15.9 Å². The van der Waals surface area contributed by atoms with Crippen molar-refractivity contribution < 1.29 is 9.21 Å². The molecule has 0 radical (unpaired) electrons. The summed E-state index contributed by atoms with van der Waals surface area (Å²) in [5, 5.41) is 0.890. The molecule has 1 aromatic carbocycles. The van der Waals surface area contributed by atoms with E-state index in [0.29, 0.717) is 11.1 Å². The van der Waals surface area contributed by atoms with Gasteiger partial charge in [-0.05, 0) is 35.0 Å². The van der Waals surface area contributed by atoms with Crippen LogP contribution in [0.1, 0.15) is 17.3 Å². The van der Waals surface area contributed by atoms with Gasteiger partial charge in [-0.15, -0.1) is 0 Å². The lowest BCUT2D eigenvalue weighted by Crippen LogP contribution is -2.26. The number of ketones is 1. The van der Waals surface area contributed by atoms with Crippen LogP contribution in [0.4, 0.5) is 0 Å². The Kier molecular flexibility index (Phi) is 2.63. The van der Waals surface area contributed by atoms with E-state index in [-0.39, 0.29) is 5.78 Å². The lowest BCUT2D eigenvalue weighted by Gasteiger charge is -2.04. The second kappa shape index (κ2) is 3.79. The molecule has 0 saturated heterocycles. The molecule has 15 heavy (non-hydrogen) atoms. The first-order valence-electron chi connectivity index (χ1n) is 4.56. The van der Waals surface area contributed by atoms with Gasteiger partial charge in [0.05, 0.1) is 16.1 Å². The highest BCUT2D eigenvalue weighted by molar-refractivity contribution is 9.10. The third kappa shape index (κ3) is 1.70. The lowest BCUT2D eigenvalue weighted by atomic mass is 10.0. The maximum absolute atomic E-state index is 11.8. The fourth-order valence-corrected chi connectivity index (χ4v) is 1.87. The van der Waals surface area contributed by atoms with Gasteiger partial charge in [-0.1, -0.05) is 6.07 Å². The van der Waals surface area contributed by atoms with Crippen molar-refractivity contribution in [3.05, 3.63) is 34.5 Å². The number of benzene rings is 1. The van der Waals surface area contributed by atoms with Crippen molar-refractivity contribution in [2.45, 2.75) is 13.0 Å². The molecule has 2 aromatic rings. The molecule has 0 aliphatic heterocycles. The maximum atomic E-state index is 11.8. The summed E-state index contributed by atoms with van der Waals surface area (Å²) < 4.78 is 6.17. The summed E-state index contributed by atoms with van der Waals surface area (Å²) in [4.78, 5) is 11.8. The smallest absolute Gasteiger partial charge is 0.182 e. The Labute approximate surface area is 95.4 Å². The van der Waals surface area contributed by atoms with Crippen molar-refractivity contribution >= 4 is 32.7 Å². The van der Waals surface area contributed by atoms with Gasteiger partial charge in [-0.25, -0.2) is 0 Å². The van der Waals surface area contributed by atoms with Gasteiger partial charge in [0.2, 0.25) is 0 Å². The number of hydrogen-bond donors (Lipinski definition) is 1. The molecule has 0 bridgehead atoms. The summed E-state index contributed by atoms with van der Waals surface area (Å²) in [6.07, 6.45) is 1.57. The number of carbonyl (C=O) groups is 1. The molecular formula is C11H10BrNO2. The van der Waals surface area contributed by atoms with E-state index in [1.165, 1.54) is 0 Å². The zero-order chi connectivity index (χ0) is 11.0. The summed E-state index contributed by atoms with van der Waals surface area (Å²) in [6.45, 7) is 1.67. The minimum atomic E-state index is -0.514. The molecule has 0 aliphatic rings. The number of carbonyl (C=O) groups excluding carboxylic acids is 1. The summed E-state index contributed by atoms with van der Waals surface area (Å²) in [7, 11) is 0. The first-order chi connectivity index (χ1) is 7.11. The molecule has 0 aliphatic carbocycles. The van der Waals surface area contributed by atoms with Crippen LogP contribution in [-0.4, -0.2) is 11.8 Å². The largest absolute Gasteiger partial charge is 0.462 e. The first-order valence-corrected chi connectivity index (χ1v) is 5.36. The quantitative estimate of drug-likeness (QED) is 0.852. The van der Waals surface area contributed by atoms with E-state index in [1.807, 2.05) is 12.1 Å². The van der Waals surface area contributed by atoms with Crippen LogP contribution in [-0.2, 0) is 0 Å². The van der Waals surface area contributed by atoms with E-state index in [0.717, 1.165) is 9.86 Å². The van der Waals surface area contributed by atoms with Gasteiger partial charge in [-0.3, -0.25) is 4.79 Å². The van der Waals surface area contributed by atoms with E-state index in [9.17, 15) is 4.79 Å². The second-order valence-electron chi connectivity index (χ2n) is 3.42. The summed E-state index contributed by atoms with van der Waals surface area (Å²) >= 11 is 3.35. The van der Waals surface area contributed by atoms with Crippen molar-refractivity contribution in [1.29, 1.82) is 0 Å². The molecular weight excluding hydrogens is 258 g/mol. The predicted octanol–water partition coefficient (Wildman–Crippen LogP) is 2.73. The SMILES string of the molecule is CC(N)C(=O)c1cccc2c(Br)coc12. The van der Waals surface area contributed by atoms with Crippen LogP contribution in [0, 0.1) is 0 Å². The summed E-state index contributed by atoms with van der Waals surface area (Å²) in [6, 6.07) is 4.92. The Morgan fingerprint density at radius 2 is 2.27 bits per heavy atom. The lowest BCUT2D eigenvalue weighted by molar-refractivity contribution is 0.0968. The Bertz CT molecular complexity index is 516. The van der Waals surface area contributed by atoms with E-state index < -0.39 is 6.04 Å². The number of fused-ring (bicyclic) bond motifs is 1. The minimum Gasteiger partial charge on any atom is -0.462 e. The topological polar surface area (TPSA) is 56.2 Å². The van der Waals surface area contributed by atoms with Gasteiger partial charge < -0.3 is 10.2 Å². The number of nitrogens with two attached hydrogens (primary N) is 1. The van der Waals surface area contributed by atoms with E-state index in [2.05, 4.69) is 15.9 Å². The van der Waals surface area contributed by atoms with Gasteiger partial charge in [-0.2, -0.15) is 0 Å². The molecule has 1 unspecified atom stereocenters. The van der Waals surface area contributed by atoms with Gasteiger partial charge in [0.25, 0.3) is 0 Å². The molecule has 0 fully saturated rings. The van der Waals surface area contributed by atoms with Crippen LogP contribution in [0.3, 0.4) is 0 Å². The zero-order valence-corrected chi connectivity index (χ0v) is 9.74. The average molecular weight is 268 g/mol. The molecule has 2 rings (SSSR count). The molecule has 1 heterocycles. The van der Waals surface area contributed by atoms with Crippen molar-refractivity contribution in [2.24, 2.45) is 5.73 Å². The third-order valence-corrected chi connectivity index (χ3v) is 2.85. The molecule has 78 valence electrons. The summed E-state index contributed by atoms with van der Waals surface area (Å²) in [5.41, 5.74) is 6.69. The van der Waals surface area contributed by atoms with Gasteiger partial charge >= 0.3 is 0 Å². The van der Waals surface area contributed by atoms with Gasteiger partial charge in [0.15, 0.2) is 5.78 Å². The highest BCUT2D eigenvalue weighted by atomic mass is 79.9. The third-order valence-electron chi connectivity index (χ3n) is 2.23. The Hall–Kier alpha value is -1.13. The number of hydrogen-bond acceptors (Lipinski definition) is 3. The van der Waals surface area contributed by atoms with Crippen LogP contribution in [0.5, 0.6) is 0 Å². The Balaban J connectivity index is 2.66. The van der Waals surface area contributed by atoms with Crippen molar-refractivity contribution in [1.82, 2.24) is 0 Å². The standard InChI is InChI=1S/C11H10BrNO2/c1-6(13)10(14)8-4-2-3-7-9(12)5-15-11(7)8/h2-6H,13H2,1H3. The Morgan fingerprint density at radius 3 is 2.93 bits per heavy atom. The van der Waals surface area contributed by atoms with Gasteiger partial charge in [0, 0.05) is 5.39 Å². The highest BCUT2D eigenvalue weighted by Crippen LogP contribution is 2.28. The van der Waals surface area contributed by atoms with Crippen LogP contribution in [0.2, 0.25) is 0 Å².